The highest BCUT2D eigenvalue weighted by molar-refractivity contribution is 8.02. The normalized spacial score (nSPS) is 22.7. The van der Waals surface area contributed by atoms with Crippen LogP contribution in [0, 0.1) is 0 Å². The van der Waals surface area contributed by atoms with E-state index in [0.717, 1.165) is 5.32 Å². The lowest BCUT2D eigenvalue weighted by Gasteiger charge is -2.32. The Hall–Kier alpha value is -1.38. The molecule has 1 unspecified atom stereocenters. The largest absolute Gasteiger partial charge is 0.430 e. The maximum atomic E-state index is 12.8. The zero-order valence-electron chi connectivity index (χ0n) is 9.55. The lowest BCUT2D eigenvalue weighted by Crippen LogP contribution is -2.61. The predicted octanol–water partition coefficient (Wildman–Crippen LogP) is 3.41. The number of benzene rings is 1. The number of amides is 1. The molecule has 1 aliphatic heterocycles. The summed E-state index contributed by atoms with van der Waals surface area (Å²) in [4.78, 5) is 7.29. The van der Waals surface area contributed by atoms with Crippen LogP contribution in [0.1, 0.15) is 10.8 Å². The average Bonchev–Trinajstić information content (AvgIpc) is 2.68. The van der Waals surface area contributed by atoms with Gasteiger partial charge in [0.2, 0.25) is 5.91 Å². The summed E-state index contributed by atoms with van der Waals surface area (Å²) in [5.41, 5.74) is 0.0883. The average molecular weight is 315 g/mol. The lowest BCUT2D eigenvalue weighted by molar-refractivity contribution is -0.270. The second-order valence-corrected chi connectivity index (χ2v) is 5.39. The van der Waals surface area contributed by atoms with Crippen LogP contribution in [0.2, 0.25) is 0 Å². The summed E-state index contributed by atoms with van der Waals surface area (Å²) in [5.74, 6) is -1.31. The van der Waals surface area contributed by atoms with E-state index in [0.29, 0.717) is 0 Å². The van der Waals surface area contributed by atoms with Crippen molar-refractivity contribution in [3.63, 3.8) is 0 Å². The monoisotopic (exact) mass is 315 g/mol. The van der Waals surface area contributed by atoms with E-state index in [1.807, 2.05) is 0 Å². The first-order valence-corrected chi connectivity index (χ1v) is 6.15. The molecule has 0 bridgehead atoms. The Labute approximate surface area is 113 Å². The molecule has 2 nitrogen and oxygen atoms in total. The van der Waals surface area contributed by atoms with Crippen LogP contribution in [0.5, 0.6) is 0 Å². The van der Waals surface area contributed by atoms with Gasteiger partial charge in [0.1, 0.15) is 5.25 Å². The molecule has 20 heavy (non-hydrogen) atoms. The first kappa shape index (κ1) is 15.0. The van der Waals surface area contributed by atoms with Crippen molar-refractivity contribution in [1.82, 2.24) is 5.32 Å². The maximum absolute atomic E-state index is 12.8. The van der Waals surface area contributed by atoms with Crippen molar-refractivity contribution in [2.45, 2.75) is 22.5 Å². The fourth-order valence-corrected chi connectivity index (χ4v) is 3.02. The molecular weight excluding hydrogens is 308 g/mol. The standard InChI is InChI=1S/C11H7F6NOS/c12-10(13,14)9(11(15,16)17)18-8(19)7(20-9)6-4-2-1-3-5-6/h1-5,7H,(H,18,19). The highest BCUT2D eigenvalue weighted by Crippen LogP contribution is 2.58. The van der Waals surface area contributed by atoms with Crippen LogP contribution in [0.4, 0.5) is 26.3 Å². The smallest absolute Gasteiger partial charge is 0.325 e. The molecule has 1 N–H and O–H groups in total. The molecule has 1 atom stereocenters. The number of hydrogen-bond donors (Lipinski definition) is 1. The fraction of sp³-hybridized carbons (Fsp3) is 0.364. The summed E-state index contributed by atoms with van der Waals surface area (Å²) in [6.45, 7) is 0. The Balaban J connectivity index is 2.44. The van der Waals surface area contributed by atoms with Gasteiger partial charge in [-0.25, -0.2) is 0 Å². The van der Waals surface area contributed by atoms with E-state index in [1.165, 1.54) is 24.3 Å². The van der Waals surface area contributed by atoms with Crippen LogP contribution in [0.3, 0.4) is 0 Å². The van der Waals surface area contributed by atoms with Gasteiger partial charge in [0.15, 0.2) is 0 Å². The molecule has 1 aromatic carbocycles. The fourth-order valence-electron chi connectivity index (χ4n) is 1.78. The van der Waals surface area contributed by atoms with Gasteiger partial charge in [0.05, 0.1) is 0 Å². The van der Waals surface area contributed by atoms with E-state index in [-0.39, 0.29) is 5.56 Å². The van der Waals surface area contributed by atoms with E-state index in [1.54, 1.807) is 6.07 Å². The third-order valence-corrected chi connectivity index (χ3v) is 4.37. The van der Waals surface area contributed by atoms with Gasteiger partial charge in [-0.2, -0.15) is 26.3 Å². The number of thioether (sulfide) groups is 1. The van der Waals surface area contributed by atoms with Gasteiger partial charge < -0.3 is 5.32 Å². The SMILES string of the molecule is O=C1NC(C(F)(F)F)(C(F)(F)F)SC1c1ccccc1. The van der Waals surface area contributed by atoms with E-state index in [9.17, 15) is 31.1 Å². The van der Waals surface area contributed by atoms with Gasteiger partial charge in [-0.15, -0.1) is 0 Å². The highest BCUT2D eigenvalue weighted by atomic mass is 32.2. The van der Waals surface area contributed by atoms with Gasteiger partial charge in [-0.3, -0.25) is 4.79 Å². The van der Waals surface area contributed by atoms with Crippen molar-refractivity contribution < 1.29 is 31.1 Å². The number of alkyl halides is 6. The summed E-state index contributed by atoms with van der Waals surface area (Å²) in [6, 6.07) is 7.02. The number of rotatable bonds is 1. The minimum atomic E-state index is -5.64. The van der Waals surface area contributed by atoms with E-state index in [4.69, 9.17) is 0 Å². The van der Waals surface area contributed by atoms with Crippen LogP contribution in [0.15, 0.2) is 30.3 Å². The van der Waals surface area contributed by atoms with Crippen LogP contribution in [-0.4, -0.2) is 23.1 Å². The molecule has 0 saturated carbocycles. The first-order valence-electron chi connectivity index (χ1n) is 5.27. The van der Waals surface area contributed by atoms with Crippen molar-refractivity contribution in [2.75, 3.05) is 0 Å². The Morgan fingerprint density at radius 2 is 1.50 bits per heavy atom. The third-order valence-electron chi connectivity index (χ3n) is 2.73. The summed E-state index contributed by atoms with van der Waals surface area (Å²) in [6.07, 6.45) is -11.3. The molecule has 1 fully saturated rings. The second-order valence-electron chi connectivity index (χ2n) is 4.07. The Kier molecular flexibility index (Phi) is 3.43. The Bertz CT molecular complexity index is 498. The lowest BCUT2D eigenvalue weighted by atomic mass is 10.1. The summed E-state index contributed by atoms with van der Waals surface area (Å²) in [5, 5.41) is -0.486. The van der Waals surface area contributed by atoms with Crippen LogP contribution < -0.4 is 5.32 Å². The van der Waals surface area contributed by atoms with Gasteiger partial charge in [0.25, 0.3) is 4.87 Å². The highest BCUT2D eigenvalue weighted by Gasteiger charge is 2.76. The first-order chi connectivity index (χ1) is 9.08. The number of carbonyl (C=O) groups excluding carboxylic acids is 1. The van der Waals surface area contributed by atoms with Gasteiger partial charge in [0, 0.05) is 0 Å². The van der Waals surface area contributed by atoms with Gasteiger partial charge in [-0.05, 0) is 5.56 Å². The molecule has 0 aromatic heterocycles. The van der Waals surface area contributed by atoms with Crippen molar-refractivity contribution in [1.29, 1.82) is 0 Å². The van der Waals surface area contributed by atoms with E-state index in [2.05, 4.69) is 0 Å². The molecule has 0 aliphatic carbocycles. The predicted molar refractivity (Wildman–Crippen MR) is 59.8 cm³/mol. The molecule has 1 amide bonds. The van der Waals surface area contributed by atoms with Gasteiger partial charge >= 0.3 is 12.4 Å². The molecule has 1 aromatic rings. The van der Waals surface area contributed by atoms with Crippen molar-refractivity contribution >= 4 is 17.7 Å². The number of nitrogens with one attached hydrogen (secondary N) is 1. The Morgan fingerprint density at radius 1 is 1.00 bits per heavy atom. The zero-order valence-corrected chi connectivity index (χ0v) is 10.4. The van der Waals surface area contributed by atoms with Crippen molar-refractivity contribution in [2.24, 2.45) is 0 Å². The van der Waals surface area contributed by atoms with Gasteiger partial charge in [-0.1, -0.05) is 42.1 Å². The maximum Gasteiger partial charge on any atom is 0.430 e. The Morgan fingerprint density at radius 3 is 1.90 bits per heavy atom. The summed E-state index contributed by atoms with van der Waals surface area (Å²) < 4.78 is 76.9. The minimum Gasteiger partial charge on any atom is -0.325 e. The molecule has 1 heterocycles. The molecule has 1 saturated heterocycles. The van der Waals surface area contributed by atoms with Crippen LogP contribution in [-0.2, 0) is 4.79 Å². The van der Waals surface area contributed by atoms with Crippen LogP contribution in [0.25, 0.3) is 0 Å². The van der Waals surface area contributed by atoms with Crippen molar-refractivity contribution in [3.05, 3.63) is 35.9 Å². The van der Waals surface area contributed by atoms with E-state index >= 15 is 0 Å². The van der Waals surface area contributed by atoms with Crippen molar-refractivity contribution in [3.8, 4) is 0 Å². The zero-order chi connectivity index (χ0) is 15.2. The molecule has 1 aliphatic rings. The number of halogens is 6. The molecule has 0 spiro atoms. The number of hydrogen-bond acceptors (Lipinski definition) is 2. The third kappa shape index (κ3) is 2.23. The quantitative estimate of drug-likeness (QED) is 0.805. The molecular formula is C11H7F6NOS. The minimum absolute atomic E-state index is 0.0883. The number of carbonyl (C=O) groups is 1. The molecule has 0 radical (unpaired) electrons. The van der Waals surface area contributed by atoms with Crippen LogP contribution >= 0.6 is 11.8 Å². The molecule has 9 heteroatoms. The van der Waals surface area contributed by atoms with E-state index < -0.39 is 40.1 Å². The summed E-state index contributed by atoms with van der Waals surface area (Å²) in [7, 11) is 0. The second kappa shape index (κ2) is 4.57. The topological polar surface area (TPSA) is 29.1 Å². The summed E-state index contributed by atoms with van der Waals surface area (Å²) >= 11 is -0.477. The molecule has 110 valence electrons. The molecule has 2 rings (SSSR count).